The molecule has 0 aliphatic carbocycles. The van der Waals surface area contributed by atoms with E-state index in [1.165, 1.54) is 0 Å². The lowest BCUT2D eigenvalue weighted by molar-refractivity contribution is 0.0505. The molecule has 1 aromatic heterocycles. The number of hydrogen-bond acceptors (Lipinski definition) is 3. The van der Waals surface area contributed by atoms with E-state index in [1.807, 2.05) is 34.0 Å². The summed E-state index contributed by atoms with van der Waals surface area (Å²) in [4.78, 5) is 16.0. The molecular formula is C15H27N3O2. The number of ether oxygens (including phenoxy) is 1. The second-order valence-corrected chi connectivity index (χ2v) is 6.72. The van der Waals surface area contributed by atoms with Crippen LogP contribution < -0.4 is 5.32 Å². The Balaban J connectivity index is 2.82. The van der Waals surface area contributed by atoms with Gasteiger partial charge in [0.15, 0.2) is 0 Å². The lowest BCUT2D eigenvalue weighted by atomic mass is 10.0. The van der Waals surface area contributed by atoms with Gasteiger partial charge < -0.3 is 14.6 Å². The van der Waals surface area contributed by atoms with E-state index in [2.05, 4.69) is 35.6 Å². The van der Waals surface area contributed by atoms with Gasteiger partial charge in [-0.25, -0.2) is 9.78 Å². The van der Waals surface area contributed by atoms with Gasteiger partial charge in [0, 0.05) is 5.54 Å². The highest BCUT2D eigenvalue weighted by atomic mass is 16.6. The van der Waals surface area contributed by atoms with E-state index in [9.17, 15) is 4.79 Å². The molecule has 0 aliphatic heterocycles. The van der Waals surface area contributed by atoms with Crippen LogP contribution in [0.1, 0.15) is 66.6 Å². The van der Waals surface area contributed by atoms with Gasteiger partial charge in [-0.15, -0.1) is 0 Å². The summed E-state index contributed by atoms with van der Waals surface area (Å²) < 4.78 is 7.38. The number of nitrogens with zero attached hydrogens (tertiary/aromatic N) is 2. The normalized spacial score (nSPS) is 13.9. The van der Waals surface area contributed by atoms with Crippen LogP contribution in [0.4, 0.5) is 4.79 Å². The molecule has 1 heterocycles. The van der Waals surface area contributed by atoms with E-state index < -0.39 is 11.7 Å². The molecule has 0 saturated carbocycles. The van der Waals surface area contributed by atoms with E-state index in [1.54, 1.807) is 6.20 Å². The maximum atomic E-state index is 11.8. The van der Waals surface area contributed by atoms with E-state index in [0.29, 0.717) is 0 Å². The first-order chi connectivity index (χ1) is 9.07. The summed E-state index contributed by atoms with van der Waals surface area (Å²) in [7, 11) is 0. The van der Waals surface area contributed by atoms with Gasteiger partial charge in [0.1, 0.15) is 5.60 Å². The number of hydrogen-bond donors (Lipinski definition) is 1. The highest BCUT2D eigenvalue weighted by Gasteiger charge is 2.24. The molecule has 20 heavy (non-hydrogen) atoms. The monoisotopic (exact) mass is 281 g/mol. The summed E-state index contributed by atoms with van der Waals surface area (Å²) in [5, 5.41) is 2.85. The second-order valence-electron chi connectivity index (χ2n) is 6.72. The van der Waals surface area contributed by atoms with Crippen LogP contribution in [-0.2, 0) is 10.3 Å². The quantitative estimate of drug-likeness (QED) is 0.917. The molecular weight excluding hydrogens is 254 g/mol. The molecule has 0 unspecified atom stereocenters. The van der Waals surface area contributed by atoms with Crippen LogP contribution in [0.2, 0.25) is 0 Å². The van der Waals surface area contributed by atoms with Crippen molar-refractivity contribution in [3.63, 3.8) is 0 Å². The van der Waals surface area contributed by atoms with Crippen LogP contribution in [0, 0.1) is 0 Å². The van der Waals surface area contributed by atoms with Crippen molar-refractivity contribution in [2.75, 3.05) is 0 Å². The van der Waals surface area contributed by atoms with Crippen molar-refractivity contribution in [1.29, 1.82) is 0 Å². The summed E-state index contributed by atoms with van der Waals surface area (Å²) in [5.41, 5.74) is 0.449. The second kappa shape index (κ2) is 5.85. The average molecular weight is 281 g/mol. The maximum Gasteiger partial charge on any atom is 0.408 e. The number of rotatable bonds is 4. The van der Waals surface area contributed by atoms with Crippen LogP contribution in [0.15, 0.2) is 12.5 Å². The van der Waals surface area contributed by atoms with Gasteiger partial charge in [0.05, 0.1) is 24.3 Å². The number of alkyl carbamates (subject to hydrolysis) is 1. The predicted octanol–water partition coefficient (Wildman–Crippen LogP) is 3.61. The zero-order valence-electron chi connectivity index (χ0n) is 13.7. The van der Waals surface area contributed by atoms with E-state index in [4.69, 9.17) is 4.74 Å². The fourth-order valence-electron chi connectivity index (χ4n) is 1.86. The number of nitrogens with one attached hydrogen (secondary N) is 1. The van der Waals surface area contributed by atoms with Crippen molar-refractivity contribution in [3.8, 4) is 0 Å². The molecule has 0 saturated heterocycles. The first-order valence-corrected chi connectivity index (χ1v) is 7.09. The van der Waals surface area contributed by atoms with Crippen molar-refractivity contribution >= 4 is 6.09 Å². The Labute approximate surface area is 121 Å². The van der Waals surface area contributed by atoms with Crippen LogP contribution in [0.3, 0.4) is 0 Å². The van der Waals surface area contributed by atoms with Crippen molar-refractivity contribution in [2.24, 2.45) is 0 Å². The Bertz CT molecular complexity index is 458. The van der Waals surface area contributed by atoms with Crippen LogP contribution >= 0.6 is 0 Å². The molecule has 1 N–H and O–H groups in total. The third-order valence-electron chi connectivity index (χ3n) is 3.36. The van der Waals surface area contributed by atoms with E-state index in [0.717, 1.165) is 12.1 Å². The number of amides is 1. The molecule has 114 valence electrons. The van der Waals surface area contributed by atoms with Crippen molar-refractivity contribution < 1.29 is 9.53 Å². The Morgan fingerprint density at radius 1 is 1.40 bits per heavy atom. The molecule has 0 bridgehead atoms. The zero-order chi connectivity index (χ0) is 15.6. The summed E-state index contributed by atoms with van der Waals surface area (Å²) in [6, 6.07) is -0.154. The van der Waals surface area contributed by atoms with Gasteiger partial charge in [-0.2, -0.15) is 0 Å². The molecule has 5 heteroatoms. The fourth-order valence-corrected chi connectivity index (χ4v) is 1.86. The summed E-state index contributed by atoms with van der Waals surface area (Å²) in [5.74, 6) is 0. The SMILES string of the molecule is CCC(C)(C)n1cncc1[C@@H](C)NC(=O)OC(C)(C)C. The predicted molar refractivity (Wildman–Crippen MR) is 79.6 cm³/mol. The molecule has 1 aromatic rings. The summed E-state index contributed by atoms with van der Waals surface area (Å²) in [6.45, 7) is 13.9. The lowest BCUT2D eigenvalue weighted by Crippen LogP contribution is -2.36. The summed E-state index contributed by atoms with van der Waals surface area (Å²) >= 11 is 0. The third kappa shape index (κ3) is 4.25. The van der Waals surface area contributed by atoms with Crippen LogP contribution in [0.5, 0.6) is 0 Å². The molecule has 1 atom stereocenters. The standard InChI is InChI=1S/C15H27N3O2/c1-8-15(6,7)18-10-16-9-12(18)11(2)17-13(19)20-14(3,4)5/h9-11H,8H2,1-7H3,(H,17,19)/t11-/m1/s1. The highest BCUT2D eigenvalue weighted by molar-refractivity contribution is 5.68. The Hall–Kier alpha value is -1.52. The Morgan fingerprint density at radius 2 is 2.00 bits per heavy atom. The number of aromatic nitrogens is 2. The average Bonchev–Trinajstić information content (AvgIpc) is 2.75. The summed E-state index contributed by atoms with van der Waals surface area (Å²) in [6.07, 6.45) is 4.17. The van der Waals surface area contributed by atoms with E-state index in [-0.39, 0.29) is 11.6 Å². The van der Waals surface area contributed by atoms with Gasteiger partial charge in [-0.3, -0.25) is 0 Å². The van der Waals surface area contributed by atoms with Crippen molar-refractivity contribution in [3.05, 3.63) is 18.2 Å². The third-order valence-corrected chi connectivity index (χ3v) is 3.36. The van der Waals surface area contributed by atoms with Gasteiger partial charge >= 0.3 is 6.09 Å². The number of carbonyl (C=O) groups excluding carboxylic acids is 1. The number of carbonyl (C=O) groups is 1. The van der Waals surface area contributed by atoms with Gasteiger partial charge in [0.2, 0.25) is 0 Å². The molecule has 0 fully saturated rings. The van der Waals surface area contributed by atoms with E-state index >= 15 is 0 Å². The molecule has 0 aliphatic rings. The minimum absolute atomic E-state index is 0.0320. The minimum atomic E-state index is -0.493. The molecule has 0 aromatic carbocycles. The van der Waals surface area contributed by atoms with Crippen molar-refractivity contribution in [2.45, 2.75) is 72.1 Å². The molecule has 0 spiro atoms. The molecule has 5 nitrogen and oxygen atoms in total. The molecule has 0 radical (unpaired) electrons. The lowest BCUT2D eigenvalue weighted by Gasteiger charge is -2.29. The van der Waals surface area contributed by atoms with Gasteiger partial charge in [-0.1, -0.05) is 6.92 Å². The van der Waals surface area contributed by atoms with Gasteiger partial charge in [0.25, 0.3) is 0 Å². The first-order valence-electron chi connectivity index (χ1n) is 7.09. The Kier molecular flexibility index (Phi) is 4.84. The van der Waals surface area contributed by atoms with Crippen LogP contribution in [-0.4, -0.2) is 21.2 Å². The minimum Gasteiger partial charge on any atom is -0.444 e. The molecule has 1 amide bonds. The zero-order valence-corrected chi connectivity index (χ0v) is 13.7. The van der Waals surface area contributed by atoms with Crippen LogP contribution in [0.25, 0.3) is 0 Å². The molecule has 1 rings (SSSR count). The topological polar surface area (TPSA) is 56.2 Å². The number of imidazole rings is 1. The highest BCUT2D eigenvalue weighted by Crippen LogP contribution is 2.24. The first kappa shape index (κ1) is 16.5. The Morgan fingerprint density at radius 3 is 2.50 bits per heavy atom. The largest absolute Gasteiger partial charge is 0.444 e. The smallest absolute Gasteiger partial charge is 0.408 e. The fraction of sp³-hybridized carbons (Fsp3) is 0.733. The van der Waals surface area contributed by atoms with Gasteiger partial charge in [-0.05, 0) is 48.0 Å². The maximum absolute atomic E-state index is 11.8. The van der Waals surface area contributed by atoms with Crippen molar-refractivity contribution in [1.82, 2.24) is 14.9 Å².